The van der Waals surface area contributed by atoms with Crippen molar-refractivity contribution in [2.45, 2.75) is 0 Å². The van der Waals surface area contributed by atoms with E-state index in [0.717, 1.165) is 0 Å². The van der Waals surface area contributed by atoms with Gasteiger partial charge in [-0.1, -0.05) is 0 Å². The predicted molar refractivity (Wildman–Crippen MR) is 45.4 cm³/mol. The zero-order valence-electron chi connectivity index (χ0n) is 6.36. The van der Waals surface area contributed by atoms with Gasteiger partial charge in [0.2, 0.25) is 5.75 Å². The number of aromatic nitrogens is 2. The van der Waals surface area contributed by atoms with Gasteiger partial charge in [0.05, 0.1) is 6.20 Å². The Labute approximate surface area is 77.2 Å². The van der Waals surface area contributed by atoms with Crippen molar-refractivity contribution in [1.29, 1.82) is 0 Å². The molecule has 0 radical (unpaired) electrons. The fourth-order valence-electron chi connectivity index (χ4n) is 0.644. The summed E-state index contributed by atoms with van der Waals surface area (Å²) in [5.41, 5.74) is -0.551. The van der Waals surface area contributed by atoms with Crippen LogP contribution in [0.15, 0.2) is 11.0 Å². The number of hydrogen-bond donors (Lipinski definition) is 3. The third kappa shape index (κ3) is 2.71. The molecule has 0 amide bonds. The first-order valence-corrected chi connectivity index (χ1v) is 3.67. The van der Waals surface area contributed by atoms with Crippen LogP contribution in [0.5, 0.6) is 5.75 Å². The second-order valence-electron chi connectivity index (χ2n) is 2.12. The van der Waals surface area contributed by atoms with Gasteiger partial charge in [0, 0.05) is 0 Å². The zero-order valence-corrected chi connectivity index (χ0v) is 7.18. The van der Waals surface area contributed by atoms with Crippen LogP contribution in [0.2, 0.25) is 0 Å². The second-order valence-corrected chi connectivity index (χ2v) is 2.53. The van der Waals surface area contributed by atoms with E-state index in [0.29, 0.717) is 0 Å². The molecule has 0 aromatic carbocycles. The van der Waals surface area contributed by atoms with Crippen LogP contribution in [0.3, 0.4) is 0 Å². The van der Waals surface area contributed by atoms with E-state index in [1.807, 2.05) is 0 Å². The number of aliphatic carboxylic acids is 1. The Hall–Kier alpha value is -1.63. The minimum Gasteiger partial charge on any atom is -0.479 e. The number of aromatic amines is 2. The summed E-state index contributed by atoms with van der Waals surface area (Å²) in [5, 5.41) is 8.25. The number of carboxylic acids is 1. The largest absolute Gasteiger partial charge is 0.479 e. The quantitative estimate of drug-likeness (QED) is 0.595. The van der Waals surface area contributed by atoms with Crippen LogP contribution < -0.4 is 10.3 Å². The van der Waals surface area contributed by atoms with Crippen molar-refractivity contribution in [1.82, 2.24) is 9.97 Å². The normalized spacial score (nSPS) is 9.54. The van der Waals surface area contributed by atoms with Crippen LogP contribution in [-0.4, -0.2) is 27.7 Å². The molecule has 1 heterocycles. The molecule has 70 valence electrons. The van der Waals surface area contributed by atoms with Crippen LogP contribution in [0.4, 0.5) is 0 Å². The summed E-state index contributed by atoms with van der Waals surface area (Å²) in [4.78, 5) is 25.8. The lowest BCUT2D eigenvalue weighted by Crippen LogP contribution is -2.16. The maximum atomic E-state index is 11.0. The Bertz CT molecular complexity index is 421. The summed E-state index contributed by atoms with van der Waals surface area (Å²) in [6.45, 7) is -0.562. The van der Waals surface area contributed by atoms with Crippen molar-refractivity contribution in [2.75, 3.05) is 6.61 Å². The zero-order chi connectivity index (χ0) is 9.84. The molecule has 0 aliphatic rings. The minimum atomic E-state index is -1.15. The van der Waals surface area contributed by atoms with Gasteiger partial charge in [0.1, 0.15) is 0 Å². The van der Waals surface area contributed by atoms with Gasteiger partial charge in [0.25, 0.3) is 5.56 Å². The lowest BCUT2D eigenvalue weighted by molar-refractivity contribution is -0.139. The topological polar surface area (TPSA) is 95.2 Å². The maximum Gasteiger partial charge on any atom is 0.341 e. The average Bonchev–Trinajstić information content (AvgIpc) is 2.02. The molecule has 7 heteroatoms. The van der Waals surface area contributed by atoms with Gasteiger partial charge in [-0.15, -0.1) is 0 Å². The molecule has 0 aliphatic carbocycles. The van der Waals surface area contributed by atoms with E-state index in [4.69, 9.17) is 5.11 Å². The summed E-state index contributed by atoms with van der Waals surface area (Å²) >= 11 is 4.61. The standard InChI is InChI=1S/C6H6N2O4S/c9-4(10)2-12-3-1-7-6(13)8-5(3)11/h1H,2H2,(H,9,10)(H2,7,8,11,13). The summed E-state index contributed by atoms with van der Waals surface area (Å²) < 4.78 is 4.79. The highest BCUT2D eigenvalue weighted by Crippen LogP contribution is 1.96. The maximum absolute atomic E-state index is 11.0. The molecule has 0 fully saturated rings. The molecule has 1 aromatic heterocycles. The monoisotopic (exact) mass is 202 g/mol. The van der Waals surface area contributed by atoms with Gasteiger partial charge in [0.15, 0.2) is 11.4 Å². The molecule has 0 saturated heterocycles. The van der Waals surface area contributed by atoms with Crippen molar-refractivity contribution < 1.29 is 14.6 Å². The molecule has 0 aliphatic heterocycles. The van der Waals surface area contributed by atoms with Crippen LogP contribution >= 0.6 is 12.2 Å². The van der Waals surface area contributed by atoms with Gasteiger partial charge in [-0.05, 0) is 12.2 Å². The Morgan fingerprint density at radius 1 is 1.69 bits per heavy atom. The summed E-state index contributed by atoms with van der Waals surface area (Å²) in [6.07, 6.45) is 1.21. The lowest BCUT2D eigenvalue weighted by Gasteiger charge is -1.99. The smallest absolute Gasteiger partial charge is 0.341 e. The number of carbonyl (C=O) groups is 1. The highest BCUT2D eigenvalue weighted by molar-refractivity contribution is 7.71. The van der Waals surface area contributed by atoms with E-state index in [9.17, 15) is 9.59 Å². The molecule has 0 unspecified atom stereocenters. The van der Waals surface area contributed by atoms with E-state index in [1.165, 1.54) is 6.20 Å². The van der Waals surface area contributed by atoms with Gasteiger partial charge < -0.3 is 14.8 Å². The van der Waals surface area contributed by atoms with Crippen molar-refractivity contribution >= 4 is 18.2 Å². The van der Waals surface area contributed by atoms with Gasteiger partial charge in [-0.2, -0.15) is 0 Å². The first-order valence-electron chi connectivity index (χ1n) is 3.26. The fourth-order valence-corrected chi connectivity index (χ4v) is 0.796. The highest BCUT2D eigenvalue weighted by Gasteiger charge is 2.02. The number of nitrogens with one attached hydrogen (secondary N) is 2. The molecule has 13 heavy (non-hydrogen) atoms. The Kier molecular flexibility index (Phi) is 2.80. The van der Waals surface area contributed by atoms with Crippen LogP contribution in [0.25, 0.3) is 0 Å². The predicted octanol–water partition coefficient (Wildman–Crippen LogP) is -0.104. The molecule has 0 spiro atoms. The minimum absolute atomic E-state index is 0.101. The number of carboxylic acid groups (broad SMARTS) is 1. The summed E-state index contributed by atoms with van der Waals surface area (Å²) in [6, 6.07) is 0. The molecule has 3 N–H and O–H groups in total. The molecule has 1 rings (SSSR count). The van der Waals surface area contributed by atoms with E-state index in [2.05, 4.69) is 26.9 Å². The summed E-state index contributed by atoms with van der Waals surface area (Å²) in [5.74, 6) is -1.25. The van der Waals surface area contributed by atoms with Crippen LogP contribution in [0.1, 0.15) is 0 Å². The first-order chi connectivity index (χ1) is 6.09. The van der Waals surface area contributed by atoms with Crippen LogP contribution in [0, 0.1) is 4.77 Å². The lowest BCUT2D eigenvalue weighted by atomic mass is 10.6. The molecule has 6 nitrogen and oxygen atoms in total. The van der Waals surface area contributed by atoms with E-state index in [-0.39, 0.29) is 10.5 Å². The molecule has 0 atom stereocenters. The Morgan fingerprint density at radius 2 is 2.38 bits per heavy atom. The van der Waals surface area contributed by atoms with E-state index >= 15 is 0 Å². The average molecular weight is 202 g/mol. The number of ether oxygens (including phenoxy) is 1. The number of hydrogen-bond acceptors (Lipinski definition) is 4. The van der Waals surface area contributed by atoms with Gasteiger partial charge in [-0.3, -0.25) is 9.78 Å². The Balaban J connectivity index is 2.84. The first kappa shape index (κ1) is 9.46. The summed E-state index contributed by atoms with van der Waals surface area (Å²) in [7, 11) is 0. The third-order valence-corrected chi connectivity index (χ3v) is 1.36. The molecular formula is C6H6N2O4S. The Morgan fingerprint density at radius 3 is 2.92 bits per heavy atom. The molecule has 0 bridgehead atoms. The molecule has 1 aromatic rings. The molecule has 0 saturated carbocycles. The SMILES string of the molecule is O=C(O)COc1c[nH]c(=S)[nH]c1=O. The van der Waals surface area contributed by atoms with Crippen molar-refractivity contribution in [3.05, 3.63) is 21.3 Å². The second kappa shape index (κ2) is 3.85. The van der Waals surface area contributed by atoms with Crippen molar-refractivity contribution in [3.8, 4) is 5.75 Å². The number of H-pyrrole nitrogens is 2. The van der Waals surface area contributed by atoms with Crippen molar-refractivity contribution in [3.63, 3.8) is 0 Å². The van der Waals surface area contributed by atoms with E-state index < -0.39 is 18.1 Å². The van der Waals surface area contributed by atoms with E-state index in [1.54, 1.807) is 0 Å². The fraction of sp³-hybridized carbons (Fsp3) is 0.167. The van der Waals surface area contributed by atoms with Crippen LogP contribution in [-0.2, 0) is 4.79 Å². The van der Waals surface area contributed by atoms with Crippen molar-refractivity contribution in [2.24, 2.45) is 0 Å². The van der Waals surface area contributed by atoms with Gasteiger partial charge in [-0.25, -0.2) is 4.79 Å². The third-order valence-electron chi connectivity index (χ3n) is 1.14. The van der Waals surface area contributed by atoms with Gasteiger partial charge >= 0.3 is 5.97 Å². The molecular weight excluding hydrogens is 196 g/mol. The highest BCUT2D eigenvalue weighted by atomic mass is 32.1. The number of rotatable bonds is 3.